The zero-order valence-electron chi connectivity index (χ0n) is 12.6. The number of amides is 2. The van der Waals surface area contributed by atoms with Gasteiger partial charge in [-0.25, -0.2) is 4.39 Å². The van der Waals surface area contributed by atoms with Crippen LogP contribution in [0.2, 0.25) is 0 Å². The fourth-order valence-electron chi connectivity index (χ4n) is 2.89. The highest BCUT2D eigenvalue weighted by atomic mass is 19.1. The molecule has 2 amide bonds. The van der Waals surface area contributed by atoms with Gasteiger partial charge in [-0.05, 0) is 43.7 Å². The lowest BCUT2D eigenvalue weighted by atomic mass is 9.96. The molecule has 1 unspecified atom stereocenters. The quantitative estimate of drug-likeness (QED) is 0.927. The smallest absolute Gasteiger partial charge is 0.256 e. The molecule has 22 heavy (non-hydrogen) atoms. The zero-order valence-corrected chi connectivity index (χ0v) is 12.6. The third-order valence-electron chi connectivity index (χ3n) is 4.45. The van der Waals surface area contributed by atoms with Gasteiger partial charge < -0.3 is 10.2 Å². The number of hydrogen-bond acceptors (Lipinski definition) is 2. The summed E-state index contributed by atoms with van der Waals surface area (Å²) in [6.07, 6.45) is 3.96. The number of benzene rings is 1. The van der Waals surface area contributed by atoms with Gasteiger partial charge in [0.1, 0.15) is 5.82 Å². The van der Waals surface area contributed by atoms with Crippen molar-refractivity contribution in [2.75, 3.05) is 19.6 Å². The van der Waals surface area contributed by atoms with E-state index in [-0.39, 0.29) is 23.3 Å². The van der Waals surface area contributed by atoms with E-state index in [0.29, 0.717) is 19.0 Å². The van der Waals surface area contributed by atoms with Crippen molar-refractivity contribution >= 4 is 11.8 Å². The molecule has 3 rings (SSSR count). The Hall–Kier alpha value is -1.91. The van der Waals surface area contributed by atoms with E-state index in [0.717, 1.165) is 19.4 Å². The molecule has 1 heterocycles. The molecule has 118 valence electrons. The van der Waals surface area contributed by atoms with E-state index in [4.69, 9.17) is 0 Å². The van der Waals surface area contributed by atoms with Crippen molar-refractivity contribution in [1.29, 1.82) is 0 Å². The monoisotopic (exact) mass is 304 g/mol. The van der Waals surface area contributed by atoms with Gasteiger partial charge in [0, 0.05) is 19.6 Å². The molecule has 4 nitrogen and oxygen atoms in total. The molecule has 1 aromatic carbocycles. The average molecular weight is 304 g/mol. The van der Waals surface area contributed by atoms with Gasteiger partial charge in [-0.15, -0.1) is 0 Å². The van der Waals surface area contributed by atoms with Crippen LogP contribution in [-0.4, -0.2) is 36.3 Å². The van der Waals surface area contributed by atoms with Crippen LogP contribution in [0.3, 0.4) is 0 Å². The first kappa shape index (κ1) is 15.0. The van der Waals surface area contributed by atoms with E-state index in [1.54, 1.807) is 17.0 Å². The number of hydrogen-bond donors (Lipinski definition) is 1. The van der Waals surface area contributed by atoms with Gasteiger partial charge in [0.25, 0.3) is 5.91 Å². The average Bonchev–Trinajstić information content (AvgIpc) is 3.37. The van der Waals surface area contributed by atoms with Crippen molar-refractivity contribution in [3.8, 4) is 0 Å². The van der Waals surface area contributed by atoms with Crippen LogP contribution in [0.5, 0.6) is 0 Å². The summed E-state index contributed by atoms with van der Waals surface area (Å²) in [5.74, 6) is -0.338. The number of piperidine rings is 1. The Morgan fingerprint density at radius 3 is 2.73 bits per heavy atom. The number of likely N-dealkylation sites (tertiary alicyclic amines) is 1. The molecule has 1 atom stereocenters. The number of carbonyl (C=O) groups excluding carboxylic acids is 2. The molecular weight excluding hydrogens is 283 g/mol. The highest BCUT2D eigenvalue weighted by Crippen LogP contribution is 2.28. The summed E-state index contributed by atoms with van der Waals surface area (Å²) in [6.45, 7) is 1.71. The predicted octanol–water partition coefficient (Wildman–Crippen LogP) is 2.20. The molecule has 2 aliphatic rings. The predicted molar refractivity (Wildman–Crippen MR) is 80.8 cm³/mol. The molecule has 1 aliphatic heterocycles. The number of carbonyl (C=O) groups is 2. The van der Waals surface area contributed by atoms with Gasteiger partial charge in [-0.2, -0.15) is 0 Å². The highest BCUT2D eigenvalue weighted by molar-refractivity contribution is 5.95. The second kappa shape index (κ2) is 6.46. The first-order valence-electron chi connectivity index (χ1n) is 7.96. The summed E-state index contributed by atoms with van der Waals surface area (Å²) in [5, 5.41) is 2.97. The molecule has 0 aromatic heterocycles. The molecular formula is C17H21FN2O2. The van der Waals surface area contributed by atoms with E-state index >= 15 is 0 Å². The Balaban J connectivity index is 1.61. The summed E-state index contributed by atoms with van der Waals surface area (Å²) < 4.78 is 13.7. The van der Waals surface area contributed by atoms with Crippen LogP contribution in [0, 0.1) is 17.7 Å². The summed E-state index contributed by atoms with van der Waals surface area (Å²) in [6, 6.07) is 6.00. The van der Waals surface area contributed by atoms with E-state index < -0.39 is 5.82 Å². The van der Waals surface area contributed by atoms with Gasteiger partial charge in [0.05, 0.1) is 11.5 Å². The Morgan fingerprint density at radius 2 is 2.00 bits per heavy atom. The first-order valence-corrected chi connectivity index (χ1v) is 7.96. The lowest BCUT2D eigenvalue weighted by Crippen LogP contribution is -2.46. The van der Waals surface area contributed by atoms with Crippen molar-refractivity contribution < 1.29 is 14.0 Å². The lowest BCUT2D eigenvalue weighted by molar-refractivity contribution is -0.126. The molecule has 1 aliphatic carbocycles. The Kier molecular flexibility index (Phi) is 4.41. The van der Waals surface area contributed by atoms with Crippen LogP contribution in [0.1, 0.15) is 36.0 Å². The number of rotatable bonds is 4. The maximum atomic E-state index is 13.7. The summed E-state index contributed by atoms with van der Waals surface area (Å²) in [5.41, 5.74) is 0.0848. The van der Waals surface area contributed by atoms with Gasteiger partial charge in [-0.3, -0.25) is 9.59 Å². The Labute approximate surface area is 129 Å². The normalized spacial score (nSPS) is 21.5. The maximum absolute atomic E-state index is 13.7. The van der Waals surface area contributed by atoms with Crippen LogP contribution in [-0.2, 0) is 4.79 Å². The fourth-order valence-corrected chi connectivity index (χ4v) is 2.89. The Bertz CT molecular complexity index is 572. The van der Waals surface area contributed by atoms with Crippen molar-refractivity contribution in [3.05, 3.63) is 35.6 Å². The van der Waals surface area contributed by atoms with Crippen molar-refractivity contribution in [3.63, 3.8) is 0 Å². The largest absolute Gasteiger partial charge is 0.356 e. The molecule has 1 aromatic rings. The summed E-state index contributed by atoms with van der Waals surface area (Å²) in [7, 11) is 0. The minimum absolute atomic E-state index is 0.0259. The number of halogens is 1. The molecule has 0 radical (unpaired) electrons. The first-order chi connectivity index (χ1) is 10.6. The van der Waals surface area contributed by atoms with Crippen molar-refractivity contribution in [1.82, 2.24) is 10.2 Å². The lowest BCUT2D eigenvalue weighted by Gasteiger charge is -2.32. The highest BCUT2D eigenvalue weighted by Gasteiger charge is 2.30. The van der Waals surface area contributed by atoms with E-state index in [2.05, 4.69) is 5.32 Å². The van der Waals surface area contributed by atoms with Gasteiger partial charge in [-0.1, -0.05) is 12.1 Å². The molecule has 0 bridgehead atoms. The standard InChI is InChI=1S/C17H21FN2O2/c18-15-6-2-1-5-14(15)17(22)20-9-3-4-13(11-20)16(21)19-10-12-7-8-12/h1-2,5-6,12-13H,3-4,7-11H2,(H,19,21). The summed E-state index contributed by atoms with van der Waals surface area (Å²) >= 11 is 0. The van der Waals surface area contributed by atoms with Crippen LogP contribution in [0.4, 0.5) is 4.39 Å². The fraction of sp³-hybridized carbons (Fsp3) is 0.529. The molecule has 5 heteroatoms. The second-order valence-electron chi connectivity index (χ2n) is 6.26. The van der Waals surface area contributed by atoms with Crippen molar-refractivity contribution in [2.45, 2.75) is 25.7 Å². The van der Waals surface area contributed by atoms with Crippen LogP contribution in [0.25, 0.3) is 0 Å². The third kappa shape index (κ3) is 3.46. The number of nitrogens with one attached hydrogen (secondary N) is 1. The molecule has 0 spiro atoms. The van der Waals surface area contributed by atoms with E-state index in [1.165, 1.54) is 25.0 Å². The van der Waals surface area contributed by atoms with Gasteiger partial charge in [0.2, 0.25) is 5.91 Å². The summed E-state index contributed by atoms with van der Waals surface area (Å²) in [4.78, 5) is 26.2. The SMILES string of the molecule is O=C(NCC1CC1)C1CCCN(C(=O)c2ccccc2F)C1. The van der Waals surface area contributed by atoms with E-state index in [1.807, 2.05) is 0 Å². The topological polar surface area (TPSA) is 49.4 Å². The van der Waals surface area contributed by atoms with E-state index in [9.17, 15) is 14.0 Å². The molecule has 1 saturated carbocycles. The van der Waals surface area contributed by atoms with Crippen LogP contribution < -0.4 is 5.32 Å². The van der Waals surface area contributed by atoms with Gasteiger partial charge >= 0.3 is 0 Å². The van der Waals surface area contributed by atoms with Gasteiger partial charge in [0.15, 0.2) is 0 Å². The minimum Gasteiger partial charge on any atom is -0.356 e. The van der Waals surface area contributed by atoms with Crippen molar-refractivity contribution in [2.24, 2.45) is 11.8 Å². The van der Waals surface area contributed by atoms with Crippen LogP contribution >= 0.6 is 0 Å². The molecule has 2 fully saturated rings. The molecule has 1 N–H and O–H groups in total. The second-order valence-corrected chi connectivity index (χ2v) is 6.26. The maximum Gasteiger partial charge on any atom is 0.256 e. The van der Waals surface area contributed by atoms with Crippen LogP contribution in [0.15, 0.2) is 24.3 Å². The third-order valence-corrected chi connectivity index (χ3v) is 4.45. The zero-order chi connectivity index (χ0) is 15.5. The number of nitrogens with zero attached hydrogens (tertiary/aromatic N) is 1. The molecule has 1 saturated heterocycles. The minimum atomic E-state index is -0.507. The Morgan fingerprint density at radius 1 is 1.23 bits per heavy atom.